The molecule has 0 spiro atoms. The minimum absolute atomic E-state index is 0.237. The summed E-state index contributed by atoms with van der Waals surface area (Å²) in [7, 11) is 0. The van der Waals surface area contributed by atoms with Gasteiger partial charge in [-0.3, -0.25) is 9.59 Å². The number of ether oxygens (including phenoxy) is 2. The summed E-state index contributed by atoms with van der Waals surface area (Å²) in [5, 5.41) is 9.32. The lowest BCUT2D eigenvalue weighted by Crippen LogP contribution is -2.13. The van der Waals surface area contributed by atoms with E-state index in [2.05, 4.69) is 51.7 Å². The van der Waals surface area contributed by atoms with Gasteiger partial charge in [0.1, 0.15) is 0 Å². The van der Waals surface area contributed by atoms with Gasteiger partial charge in [0.05, 0.1) is 13.2 Å². The van der Waals surface area contributed by atoms with E-state index in [1.807, 2.05) is 0 Å². The Bertz CT molecular complexity index is 559. The molecule has 0 bridgehead atoms. The van der Waals surface area contributed by atoms with Crippen molar-refractivity contribution in [2.45, 2.75) is 99.3 Å². The first kappa shape index (κ1) is 27.3. The largest absolute Gasteiger partial charge is 0.466 e. The van der Waals surface area contributed by atoms with E-state index < -0.39 is 0 Å². The van der Waals surface area contributed by atoms with Gasteiger partial charge in [0.25, 0.3) is 0 Å². The van der Waals surface area contributed by atoms with Crippen LogP contribution < -0.4 is 0 Å². The summed E-state index contributed by atoms with van der Waals surface area (Å²) >= 11 is 0. The average Bonchev–Trinajstić information content (AvgIpc) is 2.68. The lowest BCUT2D eigenvalue weighted by Gasteiger charge is -2.15. The average molecular weight is 437 g/mol. The predicted molar refractivity (Wildman–Crippen MR) is 126 cm³/mol. The van der Waals surface area contributed by atoms with Crippen LogP contribution in [0.5, 0.6) is 0 Å². The minimum atomic E-state index is -0.237. The van der Waals surface area contributed by atoms with E-state index in [0.29, 0.717) is 43.3 Å². The molecule has 6 nitrogen and oxygen atoms in total. The summed E-state index contributed by atoms with van der Waals surface area (Å²) in [5.74, 6) is 1.12. The van der Waals surface area contributed by atoms with Gasteiger partial charge in [-0.2, -0.15) is 10.2 Å². The van der Waals surface area contributed by atoms with Gasteiger partial charge in [-0.1, -0.05) is 41.5 Å². The Morgan fingerprint density at radius 2 is 1.06 bits per heavy atom. The van der Waals surface area contributed by atoms with Crippen LogP contribution in [-0.4, -0.2) is 36.6 Å². The monoisotopic (exact) mass is 436 g/mol. The van der Waals surface area contributed by atoms with Gasteiger partial charge in [-0.15, -0.1) is 0 Å². The highest BCUT2D eigenvalue weighted by atomic mass is 16.5. The normalized spacial score (nSPS) is 28.0. The van der Waals surface area contributed by atoms with Crippen molar-refractivity contribution in [2.75, 3.05) is 13.2 Å². The molecule has 0 amide bonds. The van der Waals surface area contributed by atoms with Crippen molar-refractivity contribution < 1.29 is 19.1 Å². The molecule has 31 heavy (non-hydrogen) atoms. The zero-order valence-electron chi connectivity index (χ0n) is 20.6. The van der Waals surface area contributed by atoms with Crippen LogP contribution in [0.15, 0.2) is 10.2 Å². The second-order valence-corrected chi connectivity index (χ2v) is 9.65. The summed E-state index contributed by atoms with van der Waals surface area (Å²) in [6.45, 7) is 13.9. The Kier molecular flexibility index (Phi) is 13.3. The molecule has 0 unspecified atom stereocenters. The van der Waals surface area contributed by atoms with Gasteiger partial charge < -0.3 is 9.47 Å². The van der Waals surface area contributed by atoms with Gasteiger partial charge in [-0.25, -0.2) is 0 Å². The van der Waals surface area contributed by atoms with Crippen LogP contribution in [0.25, 0.3) is 0 Å². The fourth-order valence-electron chi connectivity index (χ4n) is 3.38. The summed E-state index contributed by atoms with van der Waals surface area (Å²) in [6.07, 6.45) is 6.50. The molecule has 0 N–H and O–H groups in total. The molecule has 178 valence electrons. The molecule has 0 aromatic rings. The zero-order valence-corrected chi connectivity index (χ0v) is 20.6. The fourth-order valence-corrected chi connectivity index (χ4v) is 3.38. The van der Waals surface area contributed by atoms with E-state index in [-0.39, 0.29) is 24.8 Å². The molecule has 0 saturated heterocycles. The Labute approximate surface area is 189 Å². The van der Waals surface area contributed by atoms with E-state index in [1.165, 1.54) is 0 Å². The van der Waals surface area contributed by atoms with E-state index in [9.17, 15) is 9.59 Å². The van der Waals surface area contributed by atoms with Crippen LogP contribution in [-0.2, 0) is 19.1 Å². The third kappa shape index (κ3) is 12.7. The second kappa shape index (κ2) is 15.1. The van der Waals surface area contributed by atoms with Crippen molar-refractivity contribution in [3.63, 3.8) is 0 Å². The Balaban J connectivity index is 2.85. The quantitative estimate of drug-likeness (QED) is 0.499. The van der Waals surface area contributed by atoms with Crippen molar-refractivity contribution in [3.05, 3.63) is 0 Å². The number of carbonyl (C=O) groups excluding carboxylic acids is 2. The van der Waals surface area contributed by atoms with Gasteiger partial charge in [0.15, 0.2) is 0 Å². The minimum Gasteiger partial charge on any atom is -0.466 e. The standard InChI is InChI=1S/C25H44N2O4/c1-18(2)22-12-10-20(5)14-16-30-24(28)8-7-9-25(29)31-17-15-21(6)11-13-23(19(3)4)27-26-22/h18-21H,7-17H2,1-6H3/b26-22-,27-23-/t20-,21-/m1/s1. The number of hydrogen-bond donors (Lipinski definition) is 0. The highest BCUT2D eigenvalue weighted by molar-refractivity contribution is 5.89. The van der Waals surface area contributed by atoms with Crippen LogP contribution in [0.1, 0.15) is 99.3 Å². The fraction of sp³-hybridized carbons (Fsp3) is 0.840. The van der Waals surface area contributed by atoms with Crippen LogP contribution in [0, 0.1) is 23.7 Å². The SMILES string of the molecule is CC(C)/C1=N\N=C(/C(C)C)CC[C@@H](C)CCOC(=O)CCCC(=O)OCC[C@H](C)CC1. The molecule has 0 aliphatic carbocycles. The van der Waals surface area contributed by atoms with Crippen LogP contribution >= 0.6 is 0 Å². The predicted octanol–water partition coefficient (Wildman–Crippen LogP) is 5.98. The van der Waals surface area contributed by atoms with E-state index >= 15 is 0 Å². The van der Waals surface area contributed by atoms with Crippen LogP contribution in [0.3, 0.4) is 0 Å². The molecule has 1 aliphatic rings. The number of nitrogens with zero attached hydrogens (tertiary/aromatic N) is 2. The number of carbonyl (C=O) groups is 2. The molecule has 6 heteroatoms. The number of hydrogen-bond acceptors (Lipinski definition) is 6. The van der Waals surface area contributed by atoms with Gasteiger partial charge in [0.2, 0.25) is 0 Å². The van der Waals surface area contributed by atoms with Gasteiger partial charge >= 0.3 is 11.9 Å². The Hall–Kier alpha value is -1.72. The summed E-state index contributed by atoms with van der Waals surface area (Å²) in [6, 6.07) is 0. The second-order valence-electron chi connectivity index (χ2n) is 9.65. The third-order valence-electron chi connectivity index (χ3n) is 5.94. The topological polar surface area (TPSA) is 77.3 Å². The Morgan fingerprint density at radius 3 is 1.42 bits per heavy atom. The van der Waals surface area contributed by atoms with Crippen LogP contribution in [0.2, 0.25) is 0 Å². The van der Waals surface area contributed by atoms with Crippen molar-refractivity contribution in [1.82, 2.24) is 0 Å². The molecule has 0 aromatic heterocycles. The first-order chi connectivity index (χ1) is 14.7. The molecular formula is C25H44N2O4. The smallest absolute Gasteiger partial charge is 0.305 e. The maximum absolute atomic E-state index is 11.9. The molecule has 0 radical (unpaired) electrons. The summed E-state index contributed by atoms with van der Waals surface area (Å²) < 4.78 is 10.7. The number of esters is 2. The summed E-state index contributed by atoms with van der Waals surface area (Å²) in [5.41, 5.74) is 2.26. The van der Waals surface area contributed by atoms with E-state index in [0.717, 1.165) is 49.9 Å². The first-order valence-electron chi connectivity index (χ1n) is 12.1. The first-order valence-corrected chi connectivity index (χ1v) is 12.1. The van der Waals surface area contributed by atoms with Gasteiger partial charge in [0, 0.05) is 24.3 Å². The number of cyclic esters (lactones) is 2. The molecule has 0 fully saturated rings. The number of rotatable bonds is 2. The Morgan fingerprint density at radius 1 is 0.677 bits per heavy atom. The van der Waals surface area contributed by atoms with E-state index in [4.69, 9.17) is 9.47 Å². The maximum Gasteiger partial charge on any atom is 0.305 e. The maximum atomic E-state index is 11.9. The van der Waals surface area contributed by atoms with Gasteiger partial charge in [-0.05, 0) is 68.6 Å². The molecule has 1 rings (SSSR count). The van der Waals surface area contributed by atoms with Crippen molar-refractivity contribution >= 4 is 23.4 Å². The molecular weight excluding hydrogens is 392 g/mol. The highest BCUT2D eigenvalue weighted by Gasteiger charge is 2.14. The van der Waals surface area contributed by atoms with Crippen molar-refractivity contribution in [2.24, 2.45) is 33.9 Å². The molecule has 2 atom stereocenters. The van der Waals surface area contributed by atoms with Crippen molar-refractivity contribution in [1.29, 1.82) is 0 Å². The summed E-state index contributed by atoms with van der Waals surface area (Å²) in [4.78, 5) is 23.7. The van der Waals surface area contributed by atoms with Crippen molar-refractivity contribution in [3.8, 4) is 0 Å². The highest BCUT2D eigenvalue weighted by Crippen LogP contribution is 2.17. The molecule has 0 aromatic carbocycles. The lowest BCUT2D eigenvalue weighted by atomic mass is 9.95. The molecule has 1 aliphatic heterocycles. The zero-order chi connectivity index (χ0) is 23.2. The lowest BCUT2D eigenvalue weighted by molar-refractivity contribution is -0.145. The third-order valence-corrected chi connectivity index (χ3v) is 5.94. The molecule has 1 heterocycles. The van der Waals surface area contributed by atoms with Crippen LogP contribution in [0.4, 0.5) is 0 Å². The van der Waals surface area contributed by atoms with E-state index in [1.54, 1.807) is 0 Å². The molecule has 0 saturated carbocycles.